The summed E-state index contributed by atoms with van der Waals surface area (Å²) in [5.74, 6) is -4.81. The molecule has 1 fully saturated rings. The molecule has 216 valence electrons. The second-order valence-corrected chi connectivity index (χ2v) is 11.7. The summed E-state index contributed by atoms with van der Waals surface area (Å²) in [4.78, 5) is 31.2. The standard InChI is InChI=1S/C26H29F5N6O2S/c1-15-18(14-32)20(26(29,30)31)35-21(37-11-6-9-25(27,28)10-12-37)19(15)22(38)34-16-7-5-8-17(13-16)40(4)36-23(39)24(2,3)33/h5,7-8,13H,6,9-12,33H2,1-4H3,(H,34,38)/t40-/m0/s1. The lowest BCUT2D eigenvalue weighted by Gasteiger charge is -2.27. The van der Waals surface area contributed by atoms with E-state index in [1.54, 1.807) is 24.5 Å². The Hall–Kier alpha value is -3.44. The van der Waals surface area contributed by atoms with Crippen LogP contribution in [0.5, 0.6) is 0 Å². The highest BCUT2D eigenvalue weighted by Gasteiger charge is 2.40. The van der Waals surface area contributed by atoms with Gasteiger partial charge in [-0.1, -0.05) is 16.8 Å². The van der Waals surface area contributed by atoms with Crippen LogP contribution >= 0.6 is 0 Å². The summed E-state index contributed by atoms with van der Waals surface area (Å²) in [6, 6.07) is 7.83. The molecule has 3 rings (SSSR count). The molecular formula is C26H29F5N6O2S. The maximum Gasteiger partial charge on any atom is 0.434 e. The normalized spacial score (nSPS) is 16.7. The molecule has 14 heteroatoms. The average molecular weight is 585 g/mol. The van der Waals surface area contributed by atoms with Crippen molar-refractivity contribution in [1.29, 1.82) is 5.26 Å². The number of hydrogen-bond donors (Lipinski definition) is 2. The SMILES string of the molecule is Cc1c(C#N)c(C(F)(F)F)nc(N2CCCC(F)(F)CC2)c1C(=O)Nc1cccc([S@](C)=NC(=O)C(C)(C)N)c1. The van der Waals surface area contributed by atoms with Crippen LogP contribution in [0.3, 0.4) is 0 Å². The lowest BCUT2D eigenvalue weighted by Crippen LogP contribution is -2.40. The summed E-state index contributed by atoms with van der Waals surface area (Å²) in [7, 11) is -0.935. The van der Waals surface area contributed by atoms with Crippen molar-refractivity contribution in [2.24, 2.45) is 10.1 Å². The highest BCUT2D eigenvalue weighted by molar-refractivity contribution is 7.87. The summed E-state index contributed by atoms with van der Waals surface area (Å²) < 4.78 is 73.7. The van der Waals surface area contributed by atoms with Crippen LogP contribution in [0.4, 0.5) is 33.5 Å². The van der Waals surface area contributed by atoms with Gasteiger partial charge >= 0.3 is 6.18 Å². The van der Waals surface area contributed by atoms with Crippen LogP contribution in [0.1, 0.15) is 60.3 Å². The maximum absolute atomic E-state index is 14.0. The van der Waals surface area contributed by atoms with Crippen LogP contribution in [0, 0.1) is 18.3 Å². The minimum absolute atomic E-state index is 0.0289. The highest BCUT2D eigenvalue weighted by atomic mass is 32.2. The molecule has 8 nitrogen and oxygen atoms in total. The lowest BCUT2D eigenvalue weighted by molar-refractivity contribution is -0.141. The molecule has 2 aromatic rings. The Morgan fingerprint density at radius 2 is 1.90 bits per heavy atom. The number of halogens is 5. The third kappa shape index (κ3) is 7.19. The van der Waals surface area contributed by atoms with Crippen molar-refractivity contribution in [2.45, 2.75) is 62.6 Å². The van der Waals surface area contributed by atoms with E-state index in [4.69, 9.17) is 5.73 Å². The Bertz CT molecular complexity index is 1400. The molecule has 0 saturated carbocycles. The molecule has 0 aliphatic carbocycles. The number of carbonyl (C=O) groups excluding carboxylic acids is 2. The largest absolute Gasteiger partial charge is 0.434 e. The third-order valence-corrected chi connectivity index (χ3v) is 7.63. The molecule has 1 saturated heterocycles. The number of nitriles is 1. The zero-order chi connectivity index (χ0) is 30.0. The summed E-state index contributed by atoms with van der Waals surface area (Å²) in [5, 5.41) is 12.1. The molecule has 1 atom stereocenters. The maximum atomic E-state index is 14.0. The lowest BCUT2D eigenvalue weighted by atomic mass is 10.00. The van der Waals surface area contributed by atoms with Crippen LogP contribution in [0.25, 0.3) is 0 Å². The number of nitrogens with zero attached hydrogens (tertiary/aromatic N) is 4. The molecule has 0 radical (unpaired) electrons. The second kappa shape index (κ2) is 11.6. The number of aromatic nitrogens is 1. The van der Waals surface area contributed by atoms with Gasteiger partial charge in [0.1, 0.15) is 11.9 Å². The average Bonchev–Trinajstić information content (AvgIpc) is 3.02. The number of pyridine rings is 1. The van der Waals surface area contributed by atoms with Crippen LogP contribution in [-0.2, 0) is 21.7 Å². The van der Waals surface area contributed by atoms with Crippen LogP contribution in [0.15, 0.2) is 33.5 Å². The van der Waals surface area contributed by atoms with Crippen molar-refractivity contribution in [3.8, 4) is 6.07 Å². The molecule has 1 aromatic carbocycles. The first-order chi connectivity index (χ1) is 18.4. The second-order valence-electron chi connectivity index (χ2n) is 10.0. The summed E-state index contributed by atoms with van der Waals surface area (Å²) in [6.07, 6.45) is -4.44. The third-order valence-electron chi connectivity index (χ3n) is 6.26. The summed E-state index contributed by atoms with van der Waals surface area (Å²) in [5.41, 5.74) is 1.96. The first-order valence-electron chi connectivity index (χ1n) is 12.2. The highest BCUT2D eigenvalue weighted by Crippen LogP contribution is 2.38. The zero-order valence-corrected chi connectivity index (χ0v) is 23.1. The topological polar surface area (TPSA) is 124 Å². The zero-order valence-electron chi connectivity index (χ0n) is 22.3. The van der Waals surface area contributed by atoms with Gasteiger partial charge in [-0.3, -0.25) is 9.59 Å². The van der Waals surface area contributed by atoms with Crippen LogP contribution in [-0.4, -0.2) is 47.6 Å². The Morgan fingerprint density at radius 3 is 2.50 bits per heavy atom. The van der Waals surface area contributed by atoms with Crippen molar-refractivity contribution >= 4 is 34.0 Å². The van der Waals surface area contributed by atoms with E-state index in [1.165, 1.54) is 37.8 Å². The number of nitrogens with one attached hydrogen (secondary N) is 1. The quantitative estimate of drug-likeness (QED) is 0.465. The number of hydrogen-bond acceptors (Lipinski definition) is 6. The molecule has 2 heterocycles. The van der Waals surface area contributed by atoms with Gasteiger partial charge in [-0.15, -0.1) is 0 Å². The van der Waals surface area contributed by atoms with Gasteiger partial charge in [0.2, 0.25) is 5.92 Å². The molecule has 0 bridgehead atoms. The predicted molar refractivity (Wildman–Crippen MR) is 141 cm³/mol. The van der Waals surface area contributed by atoms with Crippen LogP contribution in [0.2, 0.25) is 0 Å². The fourth-order valence-corrected chi connectivity index (χ4v) is 5.21. The Balaban J connectivity index is 2.07. The van der Waals surface area contributed by atoms with Gasteiger partial charge in [-0.2, -0.15) is 22.8 Å². The number of carbonyl (C=O) groups is 2. The molecular weight excluding hydrogens is 555 g/mol. The van der Waals surface area contributed by atoms with Gasteiger partial charge < -0.3 is 16.0 Å². The van der Waals surface area contributed by atoms with Gasteiger partial charge in [0.05, 0.1) is 16.7 Å². The first kappa shape index (κ1) is 31.1. The number of benzene rings is 1. The van der Waals surface area contributed by atoms with E-state index in [-0.39, 0.29) is 36.3 Å². The van der Waals surface area contributed by atoms with E-state index < -0.39 is 70.1 Å². The Labute approximate surface area is 230 Å². The van der Waals surface area contributed by atoms with E-state index in [2.05, 4.69) is 14.7 Å². The van der Waals surface area contributed by atoms with Gasteiger partial charge in [0.25, 0.3) is 11.8 Å². The van der Waals surface area contributed by atoms with E-state index in [9.17, 15) is 36.8 Å². The molecule has 40 heavy (non-hydrogen) atoms. The predicted octanol–water partition coefficient (Wildman–Crippen LogP) is 5.21. The van der Waals surface area contributed by atoms with Crippen LogP contribution < -0.4 is 16.0 Å². The number of nitrogens with two attached hydrogens (primary N) is 1. The first-order valence-corrected chi connectivity index (χ1v) is 13.8. The van der Waals surface area contributed by atoms with Gasteiger partial charge in [0, 0.05) is 36.5 Å². The van der Waals surface area contributed by atoms with Crippen molar-refractivity contribution in [3.63, 3.8) is 0 Å². The van der Waals surface area contributed by atoms with E-state index in [0.717, 1.165) is 0 Å². The van der Waals surface area contributed by atoms with Crippen molar-refractivity contribution in [3.05, 3.63) is 46.6 Å². The number of alkyl halides is 5. The monoisotopic (exact) mass is 584 g/mol. The van der Waals surface area contributed by atoms with Gasteiger partial charge in [-0.05, 0) is 57.2 Å². The molecule has 0 unspecified atom stereocenters. The fourth-order valence-electron chi connectivity index (χ4n) is 4.05. The van der Waals surface area contributed by atoms with Crippen molar-refractivity contribution < 1.29 is 31.5 Å². The molecule has 1 aliphatic heterocycles. The molecule has 1 aliphatic rings. The number of rotatable bonds is 5. The Morgan fingerprint density at radius 1 is 1.23 bits per heavy atom. The fraction of sp³-hybridized carbons (Fsp3) is 0.462. The molecule has 2 amide bonds. The molecule has 1 aromatic heterocycles. The molecule has 0 spiro atoms. The van der Waals surface area contributed by atoms with E-state index >= 15 is 0 Å². The van der Waals surface area contributed by atoms with Gasteiger partial charge in [-0.25, -0.2) is 13.8 Å². The summed E-state index contributed by atoms with van der Waals surface area (Å²) in [6.45, 7) is 3.85. The number of amides is 2. The van der Waals surface area contributed by atoms with Gasteiger partial charge in [0.15, 0.2) is 5.69 Å². The summed E-state index contributed by atoms with van der Waals surface area (Å²) >= 11 is 0. The Kier molecular flexibility index (Phi) is 9.00. The van der Waals surface area contributed by atoms with Crippen molar-refractivity contribution in [2.75, 3.05) is 29.6 Å². The minimum Gasteiger partial charge on any atom is -0.356 e. The van der Waals surface area contributed by atoms with E-state index in [0.29, 0.717) is 4.90 Å². The molecule has 3 N–H and O–H groups in total. The van der Waals surface area contributed by atoms with E-state index in [1.807, 2.05) is 0 Å². The smallest absolute Gasteiger partial charge is 0.356 e. The number of anilines is 2. The minimum atomic E-state index is -5.01. The van der Waals surface area contributed by atoms with Crippen molar-refractivity contribution in [1.82, 2.24) is 4.98 Å².